The van der Waals surface area contributed by atoms with Gasteiger partial charge in [0.1, 0.15) is 0 Å². The molecule has 3 nitrogen and oxygen atoms in total. The fourth-order valence-electron chi connectivity index (χ4n) is 2.13. The molecular weight excluding hydrogens is 280 g/mol. The van der Waals surface area contributed by atoms with Crippen molar-refractivity contribution in [3.05, 3.63) is 28.7 Å². The van der Waals surface area contributed by atoms with Gasteiger partial charge in [-0.05, 0) is 46.8 Å². The van der Waals surface area contributed by atoms with Gasteiger partial charge in [-0.3, -0.25) is 0 Å². The lowest BCUT2D eigenvalue weighted by atomic mass is 10.0. The van der Waals surface area contributed by atoms with Gasteiger partial charge < -0.3 is 10.2 Å². The van der Waals surface area contributed by atoms with E-state index in [0.29, 0.717) is 5.92 Å². The topological polar surface area (TPSA) is 32.3 Å². The van der Waals surface area contributed by atoms with E-state index >= 15 is 0 Å². The average Bonchev–Trinajstić information content (AvgIpc) is 2.32. The number of urea groups is 1. The molecule has 1 aromatic carbocycles. The second kappa shape index (κ2) is 5.54. The van der Waals surface area contributed by atoms with Crippen LogP contribution in [0.1, 0.15) is 19.8 Å². The number of anilines is 1. The summed E-state index contributed by atoms with van der Waals surface area (Å²) >= 11 is 3.43. The number of amides is 2. The number of hydrogen-bond acceptors (Lipinski definition) is 1. The molecule has 1 atom stereocenters. The van der Waals surface area contributed by atoms with Crippen LogP contribution in [0.4, 0.5) is 10.5 Å². The number of carbonyl (C=O) groups is 1. The first-order valence-corrected chi connectivity index (χ1v) is 6.76. The molecule has 2 amide bonds. The molecule has 1 N–H and O–H groups in total. The Morgan fingerprint density at radius 1 is 1.47 bits per heavy atom. The van der Waals surface area contributed by atoms with Gasteiger partial charge in [0.2, 0.25) is 0 Å². The van der Waals surface area contributed by atoms with Gasteiger partial charge in [0.25, 0.3) is 0 Å². The van der Waals surface area contributed by atoms with Crippen LogP contribution in [0.2, 0.25) is 0 Å². The standard InChI is InChI=1S/C13H17BrN2O/c1-10-5-4-8-16(9-10)13(17)15-12-7-3-2-6-11(12)14/h2-3,6-7,10H,4-5,8-9H2,1H3,(H,15,17)/t10-/m1/s1. The van der Waals surface area contributed by atoms with Crippen molar-refractivity contribution in [2.75, 3.05) is 18.4 Å². The molecule has 0 bridgehead atoms. The molecule has 0 aromatic heterocycles. The Bertz CT molecular complexity index is 408. The largest absolute Gasteiger partial charge is 0.324 e. The van der Waals surface area contributed by atoms with Crippen LogP contribution < -0.4 is 5.32 Å². The number of nitrogens with zero attached hydrogens (tertiary/aromatic N) is 1. The van der Waals surface area contributed by atoms with Gasteiger partial charge in [-0.2, -0.15) is 0 Å². The Morgan fingerprint density at radius 2 is 2.24 bits per heavy atom. The van der Waals surface area contributed by atoms with Crippen LogP contribution in [0.3, 0.4) is 0 Å². The van der Waals surface area contributed by atoms with Gasteiger partial charge in [-0.1, -0.05) is 19.1 Å². The second-order valence-electron chi connectivity index (χ2n) is 4.60. The zero-order valence-electron chi connectivity index (χ0n) is 9.95. The first kappa shape index (κ1) is 12.4. The van der Waals surface area contributed by atoms with Crippen molar-refractivity contribution in [3.63, 3.8) is 0 Å². The molecule has 4 heteroatoms. The number of benzene rings is 1. The highest BCUT2D eigenvalue weighted by molar-refractivity contribution is 9.10. The van der Waals surface area contributed by atoms with Crippen LogP contribution in [0.15, 0.2) is 28.7 Å². The van der Waals surface area contributed by atoms with E-state index in [1.807, 2.05) is 29.2 Å². The van der Waals surface area contributed by atoms with Gasteiger partial charge >= 0.3 is 6.03 Å². The summed E-state index contributed by atoms with van der Waals surface area (Å²) in [5.74, 6) is 0.605. The van der Waals surface area contributed by atoms with Crippen molar-refractivity contribution in [1.82, 2.24) is 4.90 Å². The number of para-hydroxylation sites is 1. The number of carbonyl (C=O) groups excluding carboxylic acids is 1. The lowest BCUT2D eigenvalue weighted by Gasteiger charge is -2.31. The van der Waals surface area contributed by atoms with Crippen LogP contribution >= 0.6 is 15.9 Å². The van der Waals surface area contributed by atoms with Crippen LogP contribution in [-0.4, -0.2) is 24.0 Å². The van der Waals surface area contributed by atoms with Crippen molar-refractivity contribution in [2.45, 2.75) is 19.8 Å². The minimum absolute atomic E-state index is 0.00319. The highest BCUT2D eigenvalue weighted by Gasteiger charge is 2.21. The fraction of sp³-hybridized carbons (Fsp3) is 0.462. The lowest BCUT2D eigenvalue weighted by Crippen LogP contribution is -2.41. The number of hydrogen-bond donors (Lipinski definition) is 1. The smallest absolute Gasteiger partial charge is 0.321 e. The minimum atomic E-state index is 0.00319. The number of piperidine rings is 1. The number of halogens is 1. The Kier molecular flexibility index (Phi) is 4.05. The van der Waals surface area contributed by atoms with Gasteiger partial charge in [-0.15, -0.1) is 0 Å². The first-order valence-electron chi connectivity index (χ1n) is 5.97. The summed E-state index contributed by atoms with van der Waals surface area (Å²) in [5.41, 5.74) is 0.829. The Morgan fingerprint density at radius 3 is 2.94 bits per heavy atom. The molecule has 0 unspecified atom stereocenters. The normalized spacial score (nSPS) is 20.1. The molecule has 0 saturated carbocycles. The van der Waals surface area contributed by atoms with Gasteiger partial charge in [-0.25, -0.2) is 4.79 Å². The Balaban J connectivity index is 1.99. The minimum Gasteiger partial charge on any atom is -0.324 e. The molecule has 0 aliphatic carbocycles. The van der Waals surface area contributed by atoms with Crippen molar-refractivity contribution < 1.29 is 4.79 Å². The zero-order chi connectivity index (χ0) is 12.3. The SMILES string of the molecule is C[C@@H]1CCCN(C(=O)Nc2ccccc2Br)C1. The third-order valence-electron chi connectivity index (χ3n) is 3.06. The molecule has 0 radical (unpaired) electrons. The van der Waals surface area contributed by atoms with Crippen LogP contribution in [0.25, 0.3) is 0 Å². The highest BCUT2D eigenvalue weighted by Crippen LogP contribution is 2.22. The molecule has 1 aliphatic heterocycles. The van der Waals surface area contributed by atoms with E-state index in [1.165, 1.54) is 6.42 Å². The highest BCUT2D eigenvalue weighted by atomic mass is 79.9. The number of rotatable bonds is 1. The molecule has 1 saturated heterocycles. The van der Waals surface area contributed by atoms with E-state index in [4.69, 9.17) is 0 Å². The van der Waals surface area contributed by atoms with Crippen molar-refractivity contribution in [3.8, 4) is 0 Å². The molecule has 1 aliphatic rings. The monoisotopic (exact) mass is 296 g/mol. The lowest BCUT2D eigenvalue weighted by molar-refractivity contribution is 0.182. The predicted molar refractivity (Wildman–Crippen MR) is 73.1 cm³/mol. The average molecular weight is 297 g/mol. The summed E-state index contributed by atoms with van der Waals surface area (Å²) < 4.78 is 0.915. The summed E-state index contributed by atoms with van der Waals surface area (Å²) in [5, 5.41) is 2.94. The predicted octanol–water partition coefficient (Wildman–Crippen LogP) is 3.71. The van der Waals surface area contributed by atoms with E-state index in [1.54, 1.807) is 0 Å². The maximum absolute atomic E-state index is 12.1. The maximum atomic E-state index is 12.1. The van der Waals surface area contributed by atoms with Gasteiger partial charge in [0.05, 0.1) is 5.69 Å². The second-order valence-corrected chi connectivity index (χ2v) is 5.46. The molecule has 1 fully saturated rings. The third-order valence-corrected chi connectivity index (χ3v) is 3.75. The van der Waals surface area contributed by atoms with E-state index in [9.17, 15) is 4.79 Å². The van der Waals surface area contributed by atoms with Crippen LogP contribution in [0, 0.1) is 5.92 Å². The van der Waals surface area contributed by atoms with E-state index in [0.717, 1.165) is 29.7 Å². The van der Waals surface area contributed by atoms with Crippen LogP contribution in [-0.2, 0) is 0 Å². The van der Waals surface area contributed by atoms with E-state index < -0.39 is 0 Å². The quantitative estimate of drug-likeness (QED) is 0.842. The van der Waals surface area contributed by atoms with E-state index in [2.05, 4.69) is 28.2 Å². The number of likely N-dealkylation sites (tertiary alicyclic amines) is 1. The Labute approximate surface area is 110 Å². The summed E-state index contributed by atoms with van der Waals surface area (Å²) in [6.45, 7) is 3.91. The summed E-state index contributed by atoms with van der Waals surface area (Å²) in [7, 11) is 0. The first-order chi connectivity index (χ1) is 8.16. The molecule has 92 valence electrons. The number of nitrogens with one attached hydrogen (secondary N) is 1. The van der Waals surface area contributed by atoms with Crippen LogP contribution in [0.5, 0.6) is 0 Å². The van der Waals surface area contributed by atoms with Crippen molar-refractivity contribution in [1.29, 1.82) is 0 Å². The molecular formula is C13H17BrN2O. The molecule has 1 aromatic rings. The van der Waals surface area contributed by atoms with Gasteiger partial charge in [0.15, 0.2) is 0 Å². The fourth-order valence-corrected chi connectivity index (χ4v) is 2.51. The van der Waals surface area contributed by atoms with Crippen molar-refractivity contribution >= 4 is 27.6 Å². The van der Waals surface area contributed by atoms with Gasteiger partial charge in [0, 0.05) is 17.6 Å². The molecule has 0 spiro atoms. The van der Waals surface area contributed by atoms with Crippen molar-refractivity contribution in [2.24, 2.45) is 5.92 Å². The molecule has 17 heavy (non-hydrogen) atoms. The third kappa shape index (κ3) is 3.22. The summed E-state index contributed by atoms with van der Waals surface area (Å²) in [6, 6.07) is 7.68. The molecule has 1 heterocycles. The zero-order valence-corrected chi connectivity index (χ0v) is 11.5. The Hall–Kier alpha value is -1.03. The van der Waals surface area contributed by atoms with E-state index in [-0.39, 0.29) is 6.03 Å². The summed E-state index contributed by atoms with van der Waals surface area (Å²) in [4.78, 5) is 14.0. The maximum Gasteiger partial charge on any atom is 0.321 e. The molecule has 2 rings (SSSR count). The summed E-state index contributed by atoms with van der Waals surface area (Å²) in [6.07, 6.45) is 2.32.